The molecule has 1 atom stereocenters. The van der Waals surface area contributed by atoms with Gasteiger partial charge in [-0.15, -0.1) is 0 Å². The number of carbonyl (C=O) groups excluding carboxylic acids is 1. The van der Waals surface area contributed by atoms with Crippen LogP contribution >= 0.6 is 15.9 Å². The van der Waals surface area contributed by atoms with E-state index in [9.17, 15) is 9.59 Å². The molecule has 0 amide bonds. The van der Waals surface area contributed by atoms with Crippen molar-refractivity contribution in [2.75, 3.05) is 0 Å². The number of carbonyl (C=O) groups is 2. The number of nitrogens with two attached hydrogens (primary N) is 1. The number of rotatable bonds is 5. The summed E-state index contributed by atoms with van der Waals surface area (Å²) in [6, 6.07) is 9.74. The van der Waals surface area contributed by atoms with Crippen LogP contribution in [0.5, 0.6) is 0 Å². The van der Waals surface area contributed by atoms with E-state index in [1.165, 1.54) is 6.20 Å². The number of aliphatic carboxylic acids is 1. The molecule has 2 aromatic rings. The Balaban J connectivity index is 2.40. The van der Waals surface area contributed by atoms with Gasteiger partial charge in [0.25, 0.3) is 0 Å². The lowest BCUT2D eigenvalue weighted by Gasteiger charge is -2.05. The van der Waals surface area contributed by atoms with Gasteiger partial charge in [0.1, 0.15) is 5.69 Å². The average Bonchev–Trinajstić information content (AvgIpc) is 2.53. The maximum absolute atomic E-state index is 12.5. The Hall–Kier alpha value is -2.45. The molecule has 0 spiro atoms. The van der Waals surface area contributed by atoms with Crippen molar-refractivity contribution in [2.45, 2.75) is 6.17 Å². The summed E-state index contributed by atoms with van der Waals surface area (Å²) < 4.78 is 0.674. The number of ketones is 1. The van der Waals surface area contributed by atoms with E-state index in [0.717, 1.165) is 0 Å². The number of pyridine rings is 1. The third-order valence-corrected chi connectivity index (χ3v) is 3.14. The first-order chi connectivity index (χ1) is 10.5. The molecule has 1 aromatic carbocycles. The van der Waals surface area contributed by atoms with E-state index in [1.807, 2.05) is 0 Å². The summed E-state index contributed by atoms with van der Waals surface area (Å²) in [5, 5.41) is 15.9. The predicted octanol–water partition coefficient (Wildman–Crippen LogP) is 2.53. The molecule has 1 unspecified atom stereocenters. The zero-order valence-electron chi connectivity index (χ0n) is 11.2. The summed E-state index contributed by atoms with van der Waals surface area (Å²) in [5.74, 6) is -1.65. The molecule has 0 radical (unpaired) electrons. The van der Waals surface area contributed by atoms with Crippen LogP contribution in [0.25, 0.3) is 0 Å². The minimum atomic E-state index is -1.48. The van der Waals surface area contributed by atoms with Gasteiger partial charge < -0.3 is 5.11 Å². The van der Waals surface area contributed by atoms with E-state index in [1.54, 1.807) is 36.4 Å². The summed E-state index contributed by atoms with van der Waals surface area (Å²) in [6.45, 7) is 0. The minimum absolute atomic E-state index is 0.218. The lowest BCUT2D eigenvalue weighted by atomic mass is 10.1. The molecule has 3 N–H and O–H groups in total. The predicted molar refractivity (Wildman–Crippen MR) is 81.9 cm³/mol. The van der Waals surface area contributed by atoms with Crippen LogP contribution < -0.4 is 5.73 Å². The Morgan fingerprint density at radius 3 is 2.68 bits per heavy atom. The monoisotopic (exact) mass is 362 g/mol. The van der Waals surface area contributed by atoms with Crippen LogP contribution in [-0.4, -0.2) is 28.0 Å². The zero-order valence-corrected chi connectivity index (χ0v) is 12.8. The second-order valence-electron chi connectivity index (χ2n) is 4.20. The Bertz CT molecular complexity index is 734. The Kier molecular flexibility index (Phi) is 5.08. The van der Waals surface area contributed by atoms with Crippen LogP contribution in [0.15, 0.2) is 57.3 Å². The molecule has 2 rings (SSSR count). The topological polar surface area (TPSA) is 118 Å². The lowest BCUT2D eigenvalue weighted by molar-refractivity contribution is -0.138. The summed E-state index contributed by atoms with van der Waals surface area (Å²) in [5.41, 5.74) is 5.98. The standard InChI is InChI=1S/C14H11BrN4O3/c15-8-4-5-10(18-19-13(16)14(21)22)9(7-8)12(20)11-3-1-2-6-17-11/h1-7,13H,16H2,(H,21,22). The molecule has 0 saturated heterocycles. The number of nitrogens with zero attached hydrogens (tertiary/aromatic N) is 3. The van der Waals surface area contributed by atoms with Crippen molar-refractivity contribution < 1.29 is 14.7 Å². The Morgan fingerprint density at radius 2 is 2.05 bits per heavy atom. The van der Waals surface area contributed by atoms with Gasteiger partial charge in [0.05, 0.1) is 11.3 Å². The van der Waals surface area contributed by atoms with Crippen LogP contribution in [0, 0.1) is 0 Å². The van der Waals surface area contributed by atoms with Crippen LogP contribution in [0.1, 0.15) is 16.1 Å². The molecule has 1 heterocycles. The largest absolute Gasteiger partial charge is 0.479 e. The first-order valence-electron chi connectivity index (χ1n) is 6.13. The van der Waals surface area contributed by atoms with E-state index in [-0.39, 0.29) is 22.7 Å². The lowest BCUT2D eigenvalue weighted by Crippen LogP contribution is -2.27. The fourth-order valence-electron chi connectivity index (χ4n) is 1.59. The van der Waals surface area contributed by atoms with Gasteiger partial charge in [0.2, 0.25) is 11.9 Å². The van der Waals surface area contributed by atoms with Gasteiger partial charge in [-0.3, -0.25) is 15.5 Å². The van der Waals surface area contributed by atoms with Crippen molar-refractivity contribution in [3.8, 4) is 0 Å². The van der Waals surface area contributed by atoms with Crippen molar-refractivity contribution in [1.82, 2.24) is 4.98 Å². The van der Waals surface area contributed by atoms with E-state index < -0.39 is 12.1 Å². The van der Waals surface area contributed by atoms with Gasteiger partial charge in [-0.2, -0.15) is 10.2 Å². The number of hydrogen-bond acceptors (Lipinski definition) is 6. The van der Waals surface area contributed by atoms with Crippen LogP contribution in [0.4, 0.5) is 5.69 Å². The third kappa shape index (κ3) is 3.80. The summed E-state index contributed by atoms with van der Waals surface area (Å²) in [6.07, 6.45) is 0.0219. The molecule has 8 heteroatoms. The van der Waals surface area contributed by atoms with E-state index >= 15 is 0 Å². The molecule has 1 aromatic heterocycles. The summed E-state index contributed by atoms with van der Waals surface area (Å²) in [4.78, 5) is 27.1. The highest BCUT2D eigenvalue weighted by atomic mass is 79.9. The molecule has 0 bridgehead atoms. The summed E-state index contributed by atoms with van der Waals surface area (Å²) in [7, 11) is 0. The number of carboxylic acid groups (broad SMARTS) is 1. The van der Waals surface area contributed by atoms with Gasteiger partial charge in [0, 0.05) is 10.7 Å². The summed E-state index contributed by atoms with van der Waals surface area (Å²) >= 11 is 3.28. The maximum Gasteiger partial charge on any atom is 0.345 e. The highest BCUT2D eigenvalue weighted by molar-refractivity contribution is 9.10. The number of azo groups is 1. The fraction of sp³-hybridized carbons (Fsp3) is 0.0714. The quantitative estimate of drug-likeness (QED) is 0.625. The van der Waals surface area contributed by atoms with Gasteiger partial charge >= 0.3 is 5.97 Å². The van der Waals surface area contributed by atoms with Crippen molar-refractivity contribution in [2.24, 2.45) is 16.0 Å². The third-order valence-electron chi connectivity index (χ3n) is 2.64. The van der Waals surface area contributed by atoms with E-state index in [4.69, 9.17) is 10.8 Å². The smallest absolute Gasteiger partial charge is 0.345 e. The van der Waals surface area contributed by atoms with E-state index in [2.05, 4.69) is 31.1 Å². The number of halogens is 1. The molecule has 0 aliphatic heterocycles. The molecule has 0 aliphatic rings. The molecule has 0 aliphatic carbocycles. The molecule has 7 nitrogen and oxygen atoms in total. The number of carboxylic acids is 1. The number of aromatic nitrogens is 1. The SMILES string of the molecule is NC(N=Nc1ccc(Br)cc1C(=O)c1ccccn1)C(=O)O. The molecule has 0 fully saturated rings. The average molecular weight is 363 g/mol. The molecule has 0 saturated carbocycles. The highest BCUT2D eigenvalue weighted by Crippen LogP contribution is 2.26. The van der Waals surface area contributed by atoms with Crippen LogP contribution in [0.3, 0.4) is 0 Å². The molecular formula is C14H11BrN4O3. The van der Waals surface area contributed by atoms with Gasteiger partial charge in [-0.1, -0.05) is 22.0 Å². The first-order valence-corrected chi connectivity index (χ1v) is 6.93. The van der Waals surface area contributed by atoms with Crippen LogP contribution in [-0.2, 0) is 4.79 Å². The van der Waals surface area contributed by atoms with Gasteiger partial charge in [0.15, 0.2) is 0 Å². The van der Waals surface area contributed by atoms with E-state index in [0.29, 0.717) is 4.47 Å². The second kappa shape index (κ2) is 7.01. The normalized spacial score (nSPS) is 12.3. The minimum Gasteiger partial charge on any atom is -0.479 e. The van der Waals surface area contributed by atoms with Gasteiger partial charge in [-0.05, 0) is 30.3 Å². The maximum atomic E-state index is 12.5. The first kappa shape index (κ1) is 15.9. The fourth-order valence-corrected chi connectivity index (χ4v) is 1.95. The van der Waals surface area contributed by atoms with Crippen molar-refractivity contribution in [3.05, 3.63) is 58.3 Å². The number of benzene rings is 1. The molecular weight excluding hydrogens is 352 g/mol. The highest BCUT2D eigenvalue weighted by Gasteiger charge is 2.16. The number of hydrogen-bond donors (Lipinski definition) is 2. The Labute approximate surface area is 134 Å². The zero-order chi connectivity index (χ0) is 16.1. The Morgan fingerprint density at radius 1 is 1.27 bits per heavy atom. The van der Waals surface area contributed by atoms with Crippen LogP contribution in [0.2, 0.25) is 0 Å². The molecule has 22 heavy (non-hydrogen) atoms. The van der Waals surface area contributed by atoms with Crippen molar-refractivity contribution in [3.63, 3.8) is 0 Å². The van der Waals surface area contributed by atoms with Crippen molar-refractivity contribution in [1.29, 1.82) is 0 Å². The molecule has 112 valence electrons. The van der Waals surface area contributed by atoms with Gasteiger partial charge in [-0.25, -0.2) is 4.79 Å². The van der Waals surface area contributed by atoms with Crippen molar-refractivity contribution >= 4 is 33.4 Å². The second-order valence-corrected chi connectivity index (χ2v) is 5.12.